The minimum Gasteiger partial charge on any atom is -0.350 e. The van der Waals surface area contributed by atoms with Gasteiger partial charge in [0.25, 0.3) is 5.91 Å². The molecule has 0 aromatic heterocycles. The van der Waals surface area contributed by atoms with Gasteiger partial charge in [-0.2, -0.15) is 0 Å². The average Bonchev–Trinajstić information content (AvgIpc) is 2.56. The number of amides is 1. The van der Waals surface area contributed by atoms with Crippen LogP contribution >= 0.6 is 0 Å². The molecule has 10 heteroatoms. The van der Waals surface area contributed by atoms with Crippen molar-refractivity contribution in [2.75, 3.05) is 23.7 Å². The number of sulfonamides is 1. The van der Waals surface area contributed by atoms with Crippen LogP contribution in [0.25, 0.3) is 0 Å². The fourth-order valence-corrected chi connectivity index (χ4v) is 3.11. The van der Waals surface area contributed by atoms with Crippen LogP contribution in [0.4, 0.5) is 23.2 Å². The van der Waals surface area contributed by atoms with Crippen LogP contribution < -0.4 is 9.62 Å². The Labute approximate surface area is 147 Å². The van der Waals surface area contributed by atoms with Crippen molar-refractivity contribution < 1.29 is 30.8 Å². The summed E-state index contributed by atoms with van der Waals surface area (Å²) in [5, 5.41) is 2.18. The third kappa shape index (κ3) is 4.31. The van der Waals surface area contributed by atoms with E-state index >= 15 is 0 Å². The Bertz CT molecular complexity index is 935. The molecule has 0 bridgehead atoms. The van der Waals surface area contributed by atoms with Crippen molar-refractivity contribution in [3.8, 4) is 0 Å². The maximum Gasteiger partial charge on any atom is 0.254 e. The second-order valence-corrected chi connectivity index (χ2v) is 7.17. The van der Waals surface area contributed by atoms with E-state index in [1.54, 1.807) is 0 Å². The SMILES string of the molecule is CS(=O)(=O)N(CCNC(=O)c1ccc(F)c(F)c1F)c1ccccc1F. The van der Waals surface area contributed by atoms with Crippen LogP contribution in [0.1, 0.15) is 10.4 Å². The highest BCUT2D eigenvalue weighted by Crippen LogP contribution is 2.21. The first kappa shape index (κ1) is 19.7. The van der Waals surface area contributed by atoms with E-state index in [1.165, 1.54) is 18.2 Å². The van der Waals surface area contributed by atoms with Gasteiger partial charge in [0.1, 0.15) is 5.82 Å². The molecule has 0 aliphatic rings. The maximum atomic E-state index is 13.8. The second-order valence-electron chi connectivity index (χ2n) is 5.27. The van der Waals surface area contributed by atoms with Gasteiger partial charge in [0.2, 0.25) is 10.0 Å². The number of benzene rings is 2. The molecule has 0 unspecified atom stereocenters. The van der Waals surface area contributed by atoms with E-state index in [0.717, 1.165) is 22.7 Å². The highest BCUT2D eigenvalue weighted by atomic mass is 32.2. The van der Waals surface area contributed by atoms with E-state index in [4.69, 9.17) is 0 Å². The minimum atomic E-state index is -3.87. The van der Waals surface area contributed by atoms with Crippen molar-refractivity contribution in [1.29, 1.82) is 0 Å². The summed E-state index contributed by atoms with van der Waals surface area (Å²) < 4.78 is 77.9. The van der Waals surface area contributed by atoms with Gasteiger partial charge in [-0.05, 0) is 24.3 Å². The summed E-state index contributed by atoms with van der Waals surface area (Å²) in [5.41, 5.74) is -0.955. The molecule has 140 valence electrons. The molecular formula is C16H14F4N2O3S. The molecule has 0 saturated heterocycles. The Kier molecular flexibility index (Phi) is 5.86. The van der Waals surface area contributed by atoms with Gasteiger partial charge in [0, 0.05) is 6.54 Å². The molecule has 0 radical (unpaired) electrons. The van der Waals surface area contributed by atoms with Crippen molar-refractivity contribution in [3.63, 3.8) is 0 Å². The topological polar surface area (TPSA) is 66.5 Å². The number of anilines is 1. The van der Waals surface area contributed by atoms with Gasteiger partial charge in [0.05, 0.1) is 24.1 Å². The zero-order chi connectivity index (χ0) is 19.5. The molecule has 0 aliphatic carbocycles. The van der Waals surface area contributed by atoms with Crippen molar-refractivity contribution in [3.05, 3.63) is 65.2 Å². The lowest BCUT2D eigenvalue weighted by Gasteiger charge is -2.23. The van der Waals surface area contributed by atoms with Gasteiger partial charge in [-0.15, -0.1) is 0 Å². The van der Waals surface area contributed by atoms with Crippen molar-refractivity contribution >= 4 is 21.6 Å². The highest BCUT2D eigenvalue weighted by Gasteiger charge is 2.22. The van der Waals surface area contributed by atoms with Gasteiger partial charge in [0.15, 0.2) is 17.5 Å². The summed E-state index contributed by atoms with van der Waals surface area (Å²) in [6.07, 6.45) is 0.857. The molecule has 0 spiro atoms. The second kappa shape index (κ2) is 7.73. The number of nitrogens with zero attached hydrogens (tertiary/aromatic N) is 1. The quantitative estimate of drug-likeness (QED) is 0.609. The molecule has 0 aliphatic heterocycles. The normalized spacial score (nSPS) is 11.3. The first-order valence-electron chi connectivity index (χ1n) is 7.27. The van der Waals surface area contributed by atoms with E-state index in [0.29, 0.717) is 6.07 Å². The van der Waals surface area contributed by atoms with Crippen LogP contribution in [0.2, 0.25) is 0 Å². The molecule has 5 nitrogen and oxygen atoms in total. The maximum absolute atomic E-state index is 13.8. The monoisotopic (exact) mass is 390 g/mol. The third-order valence-corrected chi connectivity index (χ3v) is 4.58. The van der Waals surface area contributed by atoms with Crippen LogP contribution in [-0.4, -0.2) is 33.7 Å². The van der Waals surface area contributed by atoms with Crippen molar-refractivity contribution in [2.45, 2.75) is 0 Å². The number of nitrogens with one attached hydrogen (secondary N) is 1. The Balaban J connectivity index is 2.13. The number of halogens is 4. The molecule has 1 N–H and O–H groups in total. The summed E-state index contributed by atoms with van der Waals surface area (Å²) >= 11 is 0. The van der Waals surface area contributed by atoms with Crippen LogP contribution in [0, 0.1) is 23.3 Å². The van der Waals surface area contributed by atoms with Gasteiger partial charge >= 0.3 is 0 Å². The van der Waals surface area contributed by atoms with Gasteiger partial charge in [-0.25, -0.2) is 26.0 Å². The number of carbonyl (C=O) groups excluding carboxylic acids is 1. The van der Waals surface area contributed by atoms with Gasteiger partial charge in [-0.3, -0.25) is 9.10 Å². The van der Waals surface area contributed by atoms with Crippen LogP contribution in [0.15, 0.2) is 36.4 Å². The minimum absolute atomic E-state index is 0.219. The largest absolute Gasteiger partial charge is 0.350 e. The number of hydrogen-bond donors (Lipinski definition) is 1. The molecule has 26 heavy (non-hydrogen) atoms. The lowest BCUT2D eigenvalue weighted by molar-refractivity contribution is 0.0949. The summed E-state index contributed by atoms with van der Waals surface area (Å²) in [5.74, 6) is -6.74. The predicted octanol–water partition coefficient (Wildman–Crippen LogP) is 2.44. The first-order valence-corrected chi connectivity index (χ1v) is 9.11. The van der Waals surface area contributed by atoms with E-state index < -0.39 is 44.8 Å². The van der Waals surface area contributed by atoms with E-state index in [-0.39, 0.29) is 18.8 Å². The number of carbonyl (C=O) groups is 1. The lowest BCUT2D eigenvalue weighted by atomic mass is 10.2. The Morgan fingerprint density at radius 1 is 1.00 bits per heavy atom. The average molecular weight is 390 g/mol. The van der Waals surface area contributed by atoms with Crippen molar-refractivity contribution in [2.24, 2.45) is 0 Å². The summed E-state index contributed by atoms with van der Waals surface area (Å²) in [6.45, 7) is -0.671. The molecule has 0 saturated carbocycles. The molecule has 0 heterocycles. The Morgan fingerprint density at radius 2 is 1.65 bits per heavy atom. The van der Waals surface area contributed by atoms with Gasteiger partial charge < -0.3 is 5.32 Å². The highest BCUT2D eigenvalue weighted by molar-refractivity contribution is 7.92. The molecule has 0 atom stereocenters. The molecule has 2 rings (SSSR count). The standard InChI is InChI=1S/C16H14F4N2O3S/c1-26(24,25)22(13-5-3-2-4-11(13)17)9-8-21-16(23)10-6-7-12(18)15(20)14(10)19/h2-7H,8-9H2,1H3,(H,21,23). The molecule has 0 fully saturated rings. The summed E-state index contributed by atoms with van der Waals surface area (Å²) in [6, 6.07) is 6.48. The van der Waals surface area contributed by atoms with E-state index in [9.17, 15) is 30.8 Å². The van der Waals surface area contributed by atoms with E-state index in [2.05, 4.69) is 5.32 Å². The van der Waals surface area contributed by atoms with Crippen LogP contribution in [0.5, 0.6) is 0 Å². The van der Waals surface area contributed by atoms with Crippen LogP contribution in [0.3, 0.4) is 0 Å². The number of hydrogen-bond acceptors (Lipinski definition) is 3. The number of para-hydroxylation sites is 1. The zero-order valence-electron chi connectivity index (χ0n) is 13.5. The Hall–Kier alpha value is -2.62. The molecule has 2 aromatic rings. The fraction of sp³-hybridized carbons (Fsp3) is 0.188. The first-order chi connectivity index (χ1) is 12.1. The molecular weight excluding hydrogens is 376 g/mol. The summed E-state index contributed by atoms with van der Waals surface area (Å²) in [4.78, 5) is 11.9. The smallest absolute Gasteiger partial charge is 0.254 e. The lowest BCUT2D eigenvalue weighted by Crippen LogP contribution is -2.38. The van der Waals surface area contributed by atoms with Gasteiger partial charge in [-0.1, -0.05) is 12.1 Å². The molecule has 1 amide bonds. The fourth-order valence-electron chi connectivity index (χ4n) is 2.19. The van der Waals surface area contributed by atoms with Crippen molar-refractivity contribution in [1.82, 2.24) is 5.32 Å². The zero-order valence-corrected chi connectivity index (χ0v) is 14.3. The molecule has 2 aromatic carbocycles. The third-order valence-electron chi connectivity index (χ3n) is 3.40. The predicted molar refractivity (Wildman–Crippen MR) is 87.2 cm³/mol. The van der Waals surface area contributed by atoms with Crippen LogP contribution in [-0.2, 0) is 10.0 Å². The Morgan fingerprint density at radius 3 is 2.27 bits per heavy atom. The van der Waals surface area contributed by atoms with E-state index in [1.807, 2.05) is 0 Å². The number of rotatable bonds is 6. The summed E-state index contributed by atoms with van der Waals surface area (Å²) in [7, 11) is -3.87.